The number of fused-ring (bicyclic) bond motifs is 5. The molecule has 5 aliphatic rings. The Balaban J connectivity index is 1.37. The molecule has 2 saturated carbocycles. The van der Waals surface area contributed by atoms with E-state index < -0.39 is 119 Å². The monoisotopic (exact) mass is 821 g/mol. The van der Waals surface area contributed by atoms with Gasteiger partial charge in [-0.3, -0.25) is 14.5 Å². The third kappa shape index (κ3) is 6.29. The van der Waals surface area contributed by atoms with Gasteiger partial charge in [-0.2, -0.15) is 0 Å². The maximum absolute atomic E-state index is 15.0. The lowest BCUT2D eigenvalue weighted by atomic mass is 9.44. The summed E-state index contributed by atoms with van der Waals surface area (Å²) in [5, 5.41) is 60.5. The fraction of sp³-hybridized carbons (Fsp3) is 0.558. The largest absolute Gasteiger partial charge is 0.456 e. The van der Waals surface area contributed by atoms with Crippen molar-refractivity contribution in [1.29, 1.82) is 0 Å². The van der Waals surface area contributed by atoms with Crippen molar-refractivity contribution in [2.24, 2.45) is 16.7 Å². The van der Waals surface area contributed by atoms with E-state index in [0.29, 0.717) is 0 Å². The number of amides is 1. The summed E-state index contributed by atoms with van der Waals surface area (Å²) < 4.78 is 29.5. The Bertz CT molecular complexity index is 2070. The second kappa shape index (κ2) is 14.5. The molecule has 2 aromatic carbocycles. The normalized spacial score (nSPS) is 36.7. The van der Waals surface area contributed by atoms with Gasteiger partial charge in [0, 0.05) is 25.2 Å². The smallest absolute Gasteiger partial charge is 0.413 e. The molecular formula is C43H51NO15. The first-order chi connectivity index (χ1) is 27.5. The van der Waals surface area contributed by atoms with Crippen LogP contribution in [0, 0.1) is 16.7 Å². The van der Waals surface area contributed by atoms with Gasteiger partial charge in [0.15, 0.2) is 29.3 Å². The summed E-state index contributed by atoms with van der Waals surface area (Å²) in [4.78, 5) is 70.3. The second-order valence-corrected chi connectivity index (χ2v) is 17.6. The number of carbonyl (C=O) groups excluding carboxylic acids is 5. The first-order valence-corrected chi connectivity index (χ1v) is 19.6. The lowest BCUT2D eigenvalue weighted by Gasteiger charge is -2.67. The number of Topliss-reactive ketones (excluding diaryl/α,β-unsaturated/α-hetero) is 1. The third-order valence-electron chi connectivity index (χ3n) is 13.6. The number of rotatable bonds is 8. The van der Waals surface area contributed by atoms with E-state index in [4.69, 9.17) is 23.7 Å². The van der Waals surface area contributed by atoms with Gasteiger partial charge < -0.3 is 49.2 Å². The van der Waals surface area contributed by atoms with E-state index in [9.17, 15) is 49.5 Å². The molecule has 1 amide bonds. The van der Waals surface area contributed by atoms with Crippen molar-refractivity contribution < 1.29 is 73.2 Å². The number of carbonyl (C=O) groups is 5. The number of ether oxygens (including phenoxy) is 5. The predicted molar refractivity (Wildman–Crippen MR) is 203 cm³/mol. The van der Waals surface area contributed by atoms with Gasteiger partial charge >= 0.3 is 24.0 Å². The van der Waals surface area contributed by atoms with Crippen LogP contribution in [0.3, 0.4) is 0 Å². The highest BCUT2D eigenvalue weighted by Gasteiger charge is 2.78. The van der Waals surface area contributed by atoms with Gasteiger partial charge in [-0.15, -0.1) is 0 Å². The summed E-state index contributed by atoms with van der Waals surface area (Å²) >= 11 is 0. The quantitative estimate of drug-likeness (QED) is 0.146. The van der Waals surface area contributed by atoms with Gasteiger partial charge in [0.2, 0.25) is 0 Å². The molecule has 2 heterocycles. The van der Waals surface area contributed by atoms with E-state index in [1.54, 1.807) is 36.4 Å². The Morgan fingerprint density at radius 2 is 1.53 bits per heavy atom. The highest BCUT2D eigenvalue weighted by atomic mass is 16.6. The van der Waals surface area contributed by atoms with Crippen molar-refractivity contribution in [1.82, 2.24) is 4.90 Å². The Labute approximate surface area is 340 Å². The van der Waals surface area contributed by atoms with Gasteiger partial charge in [0.05, 0.1) is 35.6 Å². The molecule has 16 heteroatoms. The van der Waals surface area contributed by atoms with E-state index in [2.05, 4.69) is 0 Å². The molecular weight excluding hydrogens is 770 g/mol. The Kier molecular flexibility index (Phi) is 10.4. The number of nitrogens with zero attached hydrogens (tertiary/aromatic N) is 1. The molecule has 2 aliphatic heterocycles. The average Bonchev–Trinajstić information content (AvgIpc) is 3.38. The Morgan fingerprint density at radius 1 is 0.915 bits per heavy atom. The first kappa shape index (κ1) is 42.4. The number of hydrogen-bond donors (Lipinski definition) is 5. The molecule has 3 aliphatic carbocycles. The number of hydrogen-bond acceptors (Lipinski definition) is 15. The zero-order valence-electron chi connectivity index (χ0n) is 33.9. The van der Waals surface area contributed by atoms with Gasteiger partial charge in [-0.1, -0.05) is 62.4 Å². The summed E-state index contributed by atoms with van der Waals surface area (Å²) in [6.07, 6.45) is -13.5. The molecule has 0 spiro atoms. The molecule has 4 fully saturated rings. The standard InChI is InChI=1S/C43H51NO15/c1-21-25(56-36(51)31(48)29(23-14-10-8-11-15-23)44-37(52)40(5,6)59-38(44)53)19-43(54)34(57-35(50)24-16-12-9-13-17-24)32-41(7,33(49)30(47)28(21)39(43,3)4)26(46)18-27-42(32,20-55-27)58-22(2)45/h8-17,25-27,29-32,34,37,46-48,52,54H,18-20H2,1-7H3/t25-,26-,27+,29-,30+,31+,32-,34-,37-,41+,42-,43+/m0/s1. The van der Waals surface area contributed by atoms with Crippen LogP contribution in [0.25, 0.3) is 0 Å². The van der Waals surface area contributed by atoms with E-state index >= 15 is 0 Å². The van der Waals surface area contributed by atoms with Crippen molar-refractivity contribution >= 4 is 29.8 Å². The van der Waals surface area contributed by atoms with Crippen LogP contribution in [-0.2, 0) is 38.1 Å². The van der Waals surface area contributed by atoms with Crippen molar-refractivity contribution in [3.8, 4) is 0 Å². The molecule has 5 N–H and O–H groups in total. The van der Waals surface area contributed by atoms with Crippen LogP contribution in [-0.4, -0.2) is 126 Å². The lowest BCUT2D eigenvalue weighted by molar-refractivity contribution is -0.346. The summed E-state index contributed by atoms with van der Waals surface area (Å²) in [6, 6.07) is 14.2. The Morgan fingerprint density at radius 3 is 2.07 bits per heavy atom. The highest BCUT2D eigenvalue weighted by molar-refractivity contribution is 5.94. The van der Waals surface area contributed by atoms with Gasteiger partial charge in [0.25, 0.3) is 0 Å². The second-order valence-electron chi connectivity index (χ2n) is 17.6. The molecule has 0 aromatic heterocycles. The van der Waals surface area contributed by atoms with Gasteiger partial charge in [0.1, 0.15) is 30.0 Å². The number of esters is 3. The molecule has 0 radical (unpaired) electrons. The third-order valence-corrected chi connectivity index (χ3v) is 13.6. The van der Waals surface area contributed by atoms with Crippen LogP contribution in [0.4, 0.5) is 4.79 Å². The minimum absolute atomic E-state index is 0.0648. The van der Waals surface area contributed by atoms with Crippen molar-refractivity contribution in [3.05, 3.63) is 82.9 Å². The van der Waals surface area contributed by atoms with Crippen molar-refractivity contribution in [2.75, 3.05) is 6.61 Å². The number of aliphatic hydroxyl groups excluding tert-OH is 4. The summed E-state index contributed by atoms with van der Waals surface area (Å²) in [5.74, 6) is -5.51. The molecule has 2 bridgehead atoms. The minimum atomic E-state index is -2.39. The fourth-order valence-electron chi connectivity index (χ4n) is 10.3. The Hall–Kier alpha value is -4.71. The molecule has 0 unspecified atom stereocenters. The molecule has 7 rings (SSSR count). The van der Waals surface area contributed by atoms with Gasteiger partial charge in [-0.05, 0) is 56.5 Å². The molecule has 59 heavy (non-hydrogen) atoms. The minimum Gasteiger partial charge on any atom is -0.456 e. The van der Waals surface area contributed by atoms with E-state index in [1.807, 2.05) is 0 Å². The van der Waals surface area contributed by atoms with Crippen molar-refractivity contribution in [2.45, 2.75) is 127 Å². The average molecular weight is 822 g/mol. The van der Waals surface area contributed by atoms with Crippen LogP contribution < -0.4 is 0 Å². The van der Waals surface area contributed by atoms with Crippen LogP contribution in [0.5, 0.6) is 0 Å². The van der Waals surface area contributed by atoms with E-state index in [-0.39, 0.29) is 35.3 Å². The highest BCUT2D eigenvalue weighted by Crippen LogP contribution is 2.64. The van der Waals surface area contributed by atoms with Crippen LogP contribution in [0.15, 0.2) is 71.8 Å². The summed E-state index contributed by atoms with van der Waals surface area (Å²) in [6.45, 7) is 9.67. The van der Waals surface area contributed by atoms with E-state index in [0.717, 1.165) is 11.8 Å². The molecule has 318 valence electrons. The topological polar surface area (TPSA) is 236 Å². The predicted octanol–water partition coefficient (Wildman–Crippen LogP) is 2.28. The lowest BCUT2D eigenvalue weighted by Crippen LogP contribution is -2.81. The van der Waals surface area contributed by atoms with E-state index in [1.165, 1.54) is 65.8 Å². The SMILES string of the molecule is CC(=O)O[C@@]12CO[C@@H]1C[C@H](O)[C@@]1(C)C(=O)[C@H](O)C3=C(C)[C@@H](OC(=O)[C@H](O)[C@H](c4ccccc4)N4C(=O)OC(C)(C)[C@@H]4O)C[C@@](O)([C@@H](OC(=O)c4ccccc4)[C@H]21)C3(C)C. The maximum Gasteiger partial charge on any atom is 0.413 e. The number of benzene rings is 2. The molecule has 2 aromatic rings. The fourth-order valence-corrected chi connectivity index (χ4v) is 10.3. The first-order valence-electron chi connectivity index (χ1n) is 19.6. The van der Waals surface area contributed by atoms with Crippen molar-refractivity contribution in [3.63, 3.8) is 0 Å². The number of aliphatic hydroxyl groups is 5. The van der Waals surface area contributed by atoms with Crippen LogP contribution >= 0.6 is 0 Å². The summed E-state index contributed by atoms with van der Waals surface area (Å²) in [7, 11) is 0. The zero-order chi connectivity index (χ0) is 43.2. The summed E-state index contributed by atoms with van der Waals surface area (Å²) in [5.41, 5.74) is -8.93. The maximum atomic E-state index is 15.0. The zero-order valence-corrected chi connectivity index (χ0v) is 33.9. The van der Waals surface area contributed by atoms with Gasteiger partial charge in [-0.25, -0.2) is 14.4 Å². The number of ketones is 1. The van der Waals surface area contributed by atoms with Crippen LogP contribution in [0.1, 0.15) is 83.3 Å². The van der Waals surface area contributed by atoms with Crippen LogP contribution in [0.2, 0.25) is 0 Å². The molecule has 2 saturated heterocycles. The number of cyclic esters (lactones) is 1. The molecule has 12 atom stereocenters. The molecule has 16 nitrogen and oxygen atoms in total.